The molecule has 2 aliphatic carbocycles. The predicted molar refractivity (Wildman–Crippen MR) is 184 cm³/mol. The third-order valence-corrected chi connectivity index (χ3v) is 8.41. The van der Waals surface area contributed by atoms with Crippen molar-refractivity contribution >= 4 is 0 Å². The normalized spacial score (nSPS) is 28.1. The van der Waals surface area contributed by atoms with Crippen molar-refractivity contribution in [2.24, 2.45) is 22.7 Å². The second kappa shape index (κ2) is 16.1. The zero-order chi connectivity index (χ0) is 31.5. The third kappa shape index (κ3) is 11.7. The number of allylic oxidation sites excluding steroid dienone is 20. The largest absolute Gasteiger partial charge is 0.389 e. The lowest BCUT2D eigenvalue weighted by Crippen LogP contribution is -2.32. The van der Waals surface area contributed by atoms with Gasteiger partial charge in [-0.15, -0.1) is 0 Å². The summed E-state index contributed by atoms with van der Waals surface area (Å²) >= 11 is 0. The lowest BCUT2D eigenvalue weighted by molar-refractivity contribution is 0.117. The second-order valence-electron chi connectivity index (χ2n) is 13.8. The van der Waals surface area contributed by atoms with E-state index in [4.69, 9.17) is 0 Å². The Balaban J connectivity index is 1.89. The lowest BCUT2D eigenvalue weighted by atomic mass is 9.67. The van der Waals surface area contributed by atoms with Crippen molar-refractivity contribution in [2.45, 2.75) is 94.3 Å². The zero-order valence-electron chi connectivity index (χ0n) is 27.9. The van der Waals surface area contributed by atoms with E-state index < -0.39 is 0 Å². The minimum absolute atomic E-state index is 0.0574. The first-order valence-corrected chi connectivity index (χ1v) is 15.4. The molecule has 42 heavy (non-hydrogen) atoms. The van der Waals surface area contributed by atoms with E-state index >= 15 is 0 Å². The third-order valence-electron chi connectivity index (χ3n) is 8.41. The monoisotopic (exact) mass is 568 g/mol. The fourth-order valence-corrected chi connectivity index (χ4v) is 6.16. The van der Waals surface area contributed by atoms with Gasteiger partial charge in [0, 0.05) is 11.8 Å². The molecule has 2 nitrogen and oxygen atoms in total. The van der Waals surface area contributed by atoms with Crippen LogP contribution in [-0.2, 0) is 0 Å². The Morgan fingerprint density at radius 3 is 1.21 bits per heavy atom. The number of hydrogen-bond acceptors (Lipinski definition) is 2. The molecule has 0 saturated carbocycles. The van der Waals surface area contributed by atoms with Crippen LogP contribution >= 0.6 is 0 Å². The first-order valence-electron chi connectivity index (χ1n) is 15.4. The van der Waals surface area contributed by atoms with Gasteiger partial charge < -0.3 is 10.2 Å². The summed E-state index contributed by atoms with van der Waals surface area (Å²) in [5, 5.41) is 20.1. The molecule has 0 amide bonds. The predicted octanol–water partition coefficient (Wildman–Crippen LogP) is 10.3. The van der Waals surface area contributed by atoms with E-state index in [9.17, 15) is 10.2 Å². The molecule has 0 radical (unpaired) electrons. The van der Waals surface area contributed by atoms with Gasteiger partial charge in [-0.05, 0) is 65.2 Å². The van der Waals surface area contributed by atoms with Gasteiger partial charge in [0.2, 0.25) is 0 Å². The Morgan fingerprint density at radius 1 is 0.571 bits per heavy atom. The summed E-state index contributed by atoms with van der Waals surface area (Å²) in [5.41, 5.74) is 7.40. The molecule has 0 saturated heterocycles. The summed E-state index contributed by atoms with van der Waals surface area (Å²) in [6, 6.07) is 0. The average Bonchev–Trinajstić information content (AvgIpc) is 2.84. The standard InChI is InChI=1S/C40H56O2/c1-29(17-13-19-31(3)21-23-37-33(5)25-35(41)27-39(37,7)8)15-11-12-16-30(2)18-14-20-32(4)22-24-38-34(6)26-36(42)28-40(38,9)10/h11-26,35-38,41-42H,27-28H2,1-10H3/b12-11+,17-13+,18-14+,23-21+,24-22+,29-15+,30-16+,31-19-,32-20+/t35-,36-,37-,38-/m0/s1. The van der Waals surface area contributed by atoms with Crippen LogP contribution in [0, 0.1) is 22.7 Å². The Hall–Kier alpha value is -2.94. The highest BCUT2D eigenvalue weighted by atomic mass is 16.3. The van der Waals surface area contributed by atoms with E-state index in [-0.39, 0.29) is 23.0 Å². The molecule has 0 heterocycles. The number of aliphatic hydroxyl groups is 2. The molecule has 0 unspecified atom stereocenters. The molecular weight excluding hydrogens is 512 g/mol. The molecule has 2 rings (SSSR count). The average molecular weight is 569 g/mol. The van der Waals surface area contributed by atoms with E-state index in [1.807, 2.05) is 12.2 Å². The van der Waals surface area contributed by atoms with Gasteiger partial charge in [0.1, 0.15) is 0 Å². The van der Waals surface area contributed by atoms with Gasteiger partial charge >= 0.3 is 0 Å². The topological polar surface area (TPSA) is 40.5 Å². The van der Waals surface area contributed by atoms with Gasteiger partial charge in [-0.25, -0.2) is 0 Å². The van der Waals surface area contributed by atoms with Crippen molar-refractivity contribution in [3.63, 3.8) is 0 Å². The van der Waals surface area contributed by atoms with Crippen LogP contribution in [0.1, 0.15) is 82.1 Å². The molecule has 0 aliphatic heterocycles. The van der Waals surface area contributed by atoms with Crippen LogP contribution in [0.2, 0.25) is 0 Å². The lowest BCUT2D eigenvalue weighted by Gasteiger charge is -2.38. The summed E-state index contributed by atoms with van der Waals surface area (Å²) in [4.78, 5) is 0. The second-order valence-corrected chi connectivity index (χ2v) is 13.8. The SMILES string of the molecule is CC1=C[C@H](O)CC(C)(C)[C@H]1/C=C/C(C)=C\C=C\C(C)=C\C=C\C=C(C)\C=C\C=C(C)\C=C\[C@H]1C(C)=C[C@H](O)CC1(C)C. The molecule has 0 aromatic carbocycles. The molecule has 0 bridgehead atoms. The Kier molecular flexibility index (Phi) is 13.5. The maximum Gasteiger partial charge on any atom is 0.0729 e. The molecule has 2 aliphatic rings. The van der Waals surface area contributed by atoms with E-state index in [2.05, 4.69) is 154 Å². The van der Waals surface area contributed by atoms with Crippen molar-refractivity contribution in [3.05, 3.63) is 131 Å². The summed E-state index contributed by atoms with van der Waals surface area (Å²) < 4.78 is 0. The molecule has 2 heteroatoms. The zero-order valence-corrected chi connectivity index (χ0v) is 27.9. The van der Waals surface area contributed by atoms with Gasteiger partial charge in [-0.2, -0.15) is 0 Å². The number of aliphatic hydroxyl groups excluding tert-OH is 2. The maximum absolute atomic E-state index is 10.1. The number of rotatable bonds is 10. The maximum atomic E-state index is 10.1. The summed E-state index contributed by atoms with van der Waals surface area (Å²) in [5.74, 6) is 0.696. The molecule has 4 atom stereocenters. The molecule has 0 aromatic heterocycles. The van der Waals surface area contributed by atoms with Crippen molar-refractivity contribution in [3.8, 4) is 0 Å². The first kappa shape index (κ1) is 35.3. The van der Waals surface area contributed by atoms with E-state index in [0.717, 1.165) is 12.8 Å². The van der Waals surface area contributed by atoms with Crippen LogP contribution in [-0.4, -0.2) is 22.4 Å². The van der Waals surface area contributed by atoms with Gasteiger partial charge in [0.05, 0.1) is 12.2 Å². The first-order chi connectivity index (χ1) is 19.6. The van der Waals surface area contributed by atoms with Crippen LogP contribution < -0.4 is 0 Å². The fourth-order valence-electron chi connectivity index (χ4n) is 6.16. The summed E-state index contributed by atoms with van der Waals surface area (Å²) in [6.07, 6.45) is 35.0. The minimum Gasteiger partial charge on any atom is -0.389 e. The molecule has 228 valence electrons. The quantitative estimate of drug-likeness (QED) is 0.203. The van der Waals surface area contributed by atoms with Crippen molar-refractivity contribution in [1.29, 1.82) is 0 Å². The highest BCUT2D eigenvalue weighted by Crippen LogP contribution is 2.42. The van der Waals surface area contributed by atoms with E-state index in [1.165, 1.54) is 33.4 Å². The van der Waals surface area contributed by atoms with Crippen molar-refractivity contribution in [2.75, 3.05) is 0 Å². The van der Waals surface area contributed by atoms with E-state index in [1.54, 1.807) is 0 Å². The van der Waals surface area contributed by atoms with E-state index in [0.29, 0.717) is 11.8 Å². The fraction of sp³-hybridized carbons (Fsp3) is 0.450. The Morgan fingerprint density at radius 2 is 0.881 bits per heavy atom. The Labute approximate surface area is 257 Å². The van der Waals surface area contributed by atoms with Crippen molar-refractivity contribution in [1.82, 2.24) is 0 Å². The molecular formula is C40H56O2. The van der Waals surface area contributed by atoms with Crippen LogP contribution in [0.3, 0.4) is 0 Å². The molecule has 2 N–H and O–H groups in total. The van der Waals surface area contributed by atoms with Crippen LogP contribution in [0.5, 0.6) is 0 Å². The highest BCUT2D eigenvalue weighted by molar-refractivity contribution is 5.33. The van der Waals surface area contributed by atoms with Crippen LogP contribution in [0.25, 0.3) is 0 Å². The molecule has 0 aromatic rings. The van der Waals surface area contributed by atoms with Gasteiger partial charge in [-0.3, -0.25) is 0 Å². The van der Waals surface area contributed by atoms with Crippen LogP contribution in [0.15, 0.2) is 131 Å². The number of hydrogen-bond donors (Lipinski definition) is 2. The van der Waals surface area contributed by atoms with Gasteiger partial charge in [-0.1, -0.05) is 158 Å². The minimum atomic E-state index is -0.331. The molecule has 0 spiro atoms. The van der Waals surface area contributed by atoms with Gasteiger partial charge in [0.25, 0.3) is 0 Å². The summed E-state index contributed by atoms with van der Waals surface area (Å²) in [7, 11) is 0. The smallest absolute Gasteiger partial charge is 0.0729 e. The molecule has 0 fully saturated rings. The Bertz CT molecular complexity index is 1160. The van der Waals surface area contributed by atoms with Crippen molar-refractivity contribution < 1.29 is 10.2 Å². The highest BCUT2D eigenvalue weighted by Gasteiger charge is 2.35. The summed E-state index contributed by atoms with van der Waals surface area (Å²) in [6.45, 7) is 21.6. The van der Waals surface area contributed by atoms with Gasteiger partial charge in [0.15, 0.2) is 0 Å². The van der Waals surface area contributed by atoms with Crippen LogP contribution in [0.4, 0.5) is 0 Å².